The number of aryl methyl sites for hydroxylation is 2. The minimum atomic E-state index is -4.36. The summed E-state index contributed by atoms with van der Waals surface area (Å²) in [6.07, 6.45) is -1.31. The van der Waals surface area contributed by atoms with Crippen LogP contribution in [0.5, 0.6) is 0 Å². The summed E-state index contributed by atoms with van der Waals surface area (Å²) in [6, 6.07) is 7.93. The van der Waals surface area contributed by atoms with Crippen molar-refractivity contribution < 1.29 is 18.0 Å². The summed E-state index contributed by atoms with van der Waals surface area (Å²) in [7, 11) is 0. The molecule has 0 aliphatic carbocycles. The van der Waals surface area contributed by atoms with Gasteiger partial charge in [0.05, 0.1) is 5.56 Å². The van der Waals surface area contributed by atoms with Crippen LogP contribution in [0.25, 0.3) is 5.65 Å². The molecule has 0 radical (unpaired) electrons. The third-order valence-electron chi connectivity index (χ3n) is 5.42. The smallest absolute Gasteiger partial charge is 0.336 e. The third kappa shape index (κ3) is 3.83. The van der Waals surface area contributed by atoms with E-state index in [4.69, 9.17) is 0 Å². The Hall–Kier alpha value is -2.90. The quantitative estimate of drug-likeness (QED) is 0.639. The second kappa shape index (κ2) is 7.17. The number of hydrogen-bond donors (Lipinski definition) is 0. The number of aromatic nitrogens is 3. The number of rotatable bonds is 2. The Kier molecular flexibility index (Phi) is 4.80. The van der Waals surface area contributed by atoms with Crippen molar-refractivity contribution in [3.63, 3.8) is 0 Å². The largest absolute Gasteiger partial charge is 0.416 e. The standard InChI is InChI=1S/C21H21F3N4O/c1-13-3-4-18-25-26-19(28(18)12-13)20(29)27-7-5-15(6-8-27)16-9-14(2)10-17(11-16)21(22,23)24/h3-4,9-12,15H,5-8H2,1-2H3. The highest BCUT2D eigenvalue weighted by Crippen LogP contribution is 2.35. The van der Waals surface area contributed by atoms with Gasteiger partial charge in [-0.25, -0.2) is 0 Å². The number of benzene rings is 1. The van der Waals surface area contributed by atoms with Gasteiger partial charge in [0.25, 0.3) is 5.91 Å². The first-order chi connectivity index (χ1) is 13.7. The number of carbonyl (C=O) groups excluding carboxylic acids is 1. The molecule has 3 aromatic rings. The van der Waals surface area contributed by atoms with Crippen LogP contribution >= 0.6 is 0 Å². The van der Waals surface area contributed by atoms with Crippen LogP contribution in [0.1, 0.15) is 51.6 Å². The molecule has 1 aliphatic heterocycles. The molecule has 0 bridgehead atoms. The Bertz CT molecular complexity index is 1070. The van der Waals surface area contributed by atoms with E-state index in [2.05, 4.69) is 10.2 Å². The molecule has 152 valence electrons. The molecule has 1 saturated heterocycles. The van der Waals surface area contributed by atoms with Gasteiger partial charge >= 0.3 is 6.18 Å². The lowest BCUT2D eigenvalue weighted by atomic mass is 9.87. The maximum absolute atomic E-state index is 13.1. The molecule has 29 heavy (non-hydrogen) atoms. The summed E-state index contributed by atoms with van der Waals surface area (Å²) in [5.74, 6) is 0.0521. The third-order valence-corrected chi connectivity index (χ3v) is 5.42. The Morgan fingerprint density at radius 2 is 1.76 bits per heavy atom. The first-order valence-corrected chi connectivity index (χ1v) is 9.52. The van der Waals surface area contributed by atoms with Gasteiger partial charge in [0.15, 0.2) is 5.65 Å². The van der Waals surface area contributed by atoms with Crippen LogP contribution in [-0.4, -0.2) is 38.5 Å². The van der Waals surface area contributed by atoms with E-state index >= 15 is 0 Å². The van der Waals surface area contributed by atoms with Crippen molar-refractivity contribution in [2.45, 2.75) is 38.8 Å². The van der Waals surface area contributed by atoms with Crippen molar-refractivity contribution in [3.05, 3.63) is 64.6 Å². The number of piperidine rings is 1. The molecule has 2 aromatic heterocycles. The lowest BCUT2D eigenvalue weighted by Gasteiger charge is -2.32. The van der Waals surface area contributed by atoms with E-state index in [1.54, 1.807) is 22.3 Å². The van der Waals surface area contributed by atoms with E-state index in [0.29, 0.717) is 42.7 Å². The lowest BCUT2D eigenvalue weighted by molar-refractivity contribution is -0.137. The van der Waals surface area contributed by atoms with Gasteiger partial charge in [-0.3, -0.25) is 9.20 Å². The van der Waals surface area contributed by atoms with Crippen LogP contribution in [0.2, 0.25) is 0 Å². The van der Waals surface area contributed by atoms with E-state index in [1.165, 1.54) is 12.1 Å². The lowest BCUT2D eigenvalue weighted by Crippen LogP contribution is -2.38. The number of alkyl halides is 3. The Morgan fingerprint density at radius 3 is 2.45 bits per heavy atom. The van der Waals surface area contributed by atoms with Crippen LogP contribution in [0.15, 0.2) is 36.5 Å². The molecular formula is C21H21F3N4O. The molecule has 0 unspecified atom stereocenters. The zero-order valence-electron chi connectivity index (χ0n) is 16.2. The fourth-order valence-corrected chi connectivity index (χ4v) is 3.91. The number of carbonyl (C=O) groups is 1. The number of amides is 1. The van der Waals surface area contributed by atoms with Crippen molar-refractivity contribution in [3.8, 4) is 0 Å². The van der Waals surface area contributed by atoms with Crippen LogP contribution < -0.4 is 0 Å². The number of hydrogen-bond acceptors (Lipinski definition) is 3. The maximum Gasteiger partial charge on any atom is 0.416 e. The molecule has 0 N–H and O–H groups in total. The van der Waals surface area contributed by atoms with Crippen molar-refractivity contribution >= 4 is 11.6 Å². The fraction of sp³-hybridized carbons (Fsp3) is 0.381. The summed E-state index contributed by atoms with van der Waals surface area (Å²) in [5.41, 5.74) is 2.26. The topological polar surface area (TPSA) is 50.5 Å². The van der Waals surface area contributed by atoms with Gasteiger partial charge in [-0.1, -0.05) is 17.7 Å². The Labute approximate surface area is 166 Å². The minimum absolute atomic E-state index is 0.00237. The fourth-order valence-electron chi connectivity index (χ4n) is 3.91. The van der Waals surface area contributed by atoms with Gasteiger partial charge < -0.3 is 4.90 Å². The van der Waals surface area contributed by atoms with Crippen LogP contribution in [0.3, 0.4) is 0 Å². The van der Waals surface area contributed by atoms with E-state index in [-0.39, 0.29) is 17.6 Å². The van der Waals surface area contributed by atoms with Crippen molar-refractivity contribution in [1.29, 1.82) is 0 Å². The second-order valence-electron chi connectivity index (χ2n) is 7.65. The molecule has 1 fully saturated rings. The highest BCUT2D eigenvalue weighted by molar-refractivity contribution is 5.91. The highest BCUT2D eigenvalue weighted by atomic mass is 19.4. The van der Waals surface area contributed by atoms with Crippen LogP contribution in [-0.2, 0) is 6.18 Å². The molecule has 1 aromatic carbocycles. The maximum atomic E-state index is 13.1. The molecule has 4 rings (SSSR count). The van der Waals surface area contributed by atoms with Crippen molar-refractivity contribution in [2.75, 3.05) is 13.1 Å². The zero-order chi connectivity index (χ0) is 20.8. The number of halogens is 3. The first kappa shape index (κ1) is 19.4. The average Bonchev–Trinajstić information content (AvgIpc) is 3.09. The summed E-state index contributed by atoms with van der Waals surface area (Å²) in [6.45, 7) is 4.55. The normalized spacial score (nSPS) is 15.8. The van der Waals surface area contributed by atoms with E-state index in [0.717, 1.165) is 5.56 Å². The molecule has 0 saturated carbocycles. The number of nitrogens with zero attached hydrogens (tertiary/aromatic N) is 4. The number of fused-ring (bicyclic) bond motifs is 1. The van der Waals surface area contributed by atoms with Gasteiger partial charge in [-0.2, -0.15) is 13.2 Å². The molecule has 5 nitrogen and oxygen atoms in total. The zero-order valence-corrected chi connectivity index (χ0v) is 16.2. The van der Waals surface area contributed by atoms with Crippen LogP contribution in [0, 0.1) is 13.8 Å². The Morgan fingerprint density at radius 1 is 1.03 bits per heavy atom. The SMILES string of the molecule is Cc1cc(C2CCN(C(=O)c3nnc4ccc(C)cn34)CC2)cc(C(F)(F)F)c1. The summed E-state index contributed by atoms with van der Waals surface area (Å²) in [5, 5.41) is 8.08. The van der Waals surface area contributed by atoms with Crippen molar-refractivity contribution in [1.82, 2.24) is 19.5 Å². The highest BCUT2D eigenvalue weighted by Gasteiger charge is 2.33. The molecule has 0 atom stereocenters. The molecule has 8 heteroatoms. The predicted molar refractivity (Wildman–Crippen MR) is 102 cm³/mol. The number of pyridine rings is 1. The van der Waals surface area contributed by atoms with E-state index in [1.807, 2.05) is 25.3 Å². The summed E-state index contributed by atoms with van der Waals surface area (Å²) < 4.78 is 41.1. The Balaban J connectivity index is 1.50. The summed E-state index contributed by atoms with van der Waals surface area (Å²) >= 11 is 0. The van der Waals surface area contributed by atoms with Gasteiger partial charge in [-0.05, 0) is 61.9 Å². The van der Waals surface area contributed by atoms with E-state index < -0.39 is 11.7 Å². The first-order valence-electron chi connectivity index (χ1n) is 9.52. The second-order valence-corrected chi connectivity index (χ2v) is 7.65. The molecule has 0 spiro atoms. The van der Waals surface area contributed by atoms with Gasteiger partial charge in [-0.15, -0.1) is 10.2 Å². The molecular weight excluding hydrogens is 381 g/mol. The van der Waals surface area contributed by atoms with Crippen molar-refractivity contribution in [2.24, 2.45) is 0 Å². The van der Waals surface area contributed by atoms with Gasteiger partial charge in [0, 0.05) is 19.3 Å². The monoisotopic (exact) mass is 402 g/mol. The molecule has 3 heterocycles. The minimum Gasteiger partial charge on any atom is -0.336 e. The molecule has 1 aliphatic rings. The predicted octanol–water partition coefficient (Wildman–Crippen LogP) is 4.38. The van der Waals surface area contributed by atoms with Crippen LogP contribution in [0.4, 0.5) is 13.2 Å². The van der Waals surface area contributed by atoms with E-state index in [9.17, 15) is 18.0 Å². The average molecular weight is 402 g/mol. The van der Waals surface area contributed by atoms with Gasteiger partial charge in [0.2, 0.25) is 5.82 Å². The molecule has 1 amide bonds. The number of likely N-dealkylation sites (tertiary alicyclic amines) is 1. The summed E-state index contributed by atoms with van der Waals surface area (Å²) in [4.78, 5) is 14.6. The van der Waals surface area contributed by atoms with Gasteiger partial charge in [0.1, 0.15) is 0 Å².